The van der Waals surface area contributed by atoms with E-state index >= 15 is 0 Å². The second-order valence-corrected chi connectivity index (χ2v) is 7.38. The first-order valence-electron chi connectivity index (χ1n) is 9.85. The number of aryl methyl sites for hydroxylation is 1. The van der Waals surface area contributed by atoms with Gasteiger partial charge in [-0.1, -0.05) is 31.0 Å². The molecule has 2 aliphatic rings. The molecule has 8 heteroatoms. The number of para-hydroxylation sites is 1. The highest BCUT2D eigenvalue weighted by Gasteiger charge is 2.23. The molecule has 0 radical (unpaired) electrons. The molecule has 1 aromatic carbocycles. The van der Waals surface area contributed by atoms with Gasteiger partial charge in [0.05, 0.1) is 12.6 Å². The summed E-state index contributed by atoms with van der Waals surface area (Å²) in [5, 5.41) is 15.6. The minimum atomic E-state index is 0. The Kier molecular flexibility index (Phi) is 7.14. The second-order valence-electron chi connectivity index (χ2n) is 7.38. The van der Waals surface area contributed by atoms with Crippen molar-refractivity contribution in [1.82, 2.24) is 25.4 Å². The smallest absolute Gasteiger partial charge is 0.192 e. The third-order valence-electron chi connectivity index (χ3n) is 5.53. The number of rotatable bonds is 4. The van der Waals surface area contributed by atoms with E-state index in [1.54, 1.807) is 0 Å². The SMILES string of the molecule is Cc1nnc(CN=C(NC2CCCC2)NC2CCOc3ccccc32)n1C.I. The van der Waals surface area contributed by atoms with Gasteiger partial charge in [-0.2, -0.15) is 0 Å². The van der Waals surface area contributed by atoms with Crippen LogP contribution in [0.5, 0.6) is 5.75 Å². The third-order valence-corrected chi connectivity index (χ3v) is 5.53. The lowest BCUT2D eigenvalue weighted by molar-refractivity contribution is 0.261. The molecular weight excluding hydrogens is 467 g/mol. The Morgan fingerprint density at radius 2 is 1.96 bits per heavy atom. The number of ether oxygens (including phenoxy) is 1. The van der Waals surface area contributed by atoms with Gasteiger partial charge >= 0.3 is 0 Å². The van der Waals surface area contributed by atoms with Crippen LogP contribution in [0.4, 0.5) is 0 Å². The van der Waals surface area contributed by atoms with Gasteiger partial charge in [-0.05, 0) is 25.8 Å². The number of aromatic nitrogens is 3. The van der Waals surface area contributed by atoms with Crippen LogP contribution in [0.3, 0.4) is 0 Å². The van der Waals surface area contributed by atoms with Gasteiger partial charge in [0.2, 0.25) is 0 Å². The lowest BCUT2D eigenvalue weighted by Crippen LogP contribution is -2.45. The predicted molar refractivity (Wildman–Crippen MR) is 120 cm³/mol. The molecule has 152 valence electrons. The minimum Gasteiger partial charge on any atom is -0.493 e. The highest BCUT2D eigenvalue weighted by molar-refractivity contribution is 14.0. The summed E-state index contributed by atoms with van der Waals surface area (Å²) in [7, 11) is 1.98. The first-order valence-corrected chi connectivity index (χ1v) is 9.85. The standard InChI is InChI=1S/C20H28N6O.HI/c1-14-24-25-19(26(14)2)13-21-20(22-15-7-3-4-8-15)23-17-11-12-27-18-10-6-5-9-16(17)18;/h5-6,9-10,15,17H,3-4,7-8,11-13H2,1-2H3,(H2,21,22,23);1H. The van der Waals surface area contributed by atoms with E-state index in [0.717, 1.165) is 29.8 Å². The molecular formula is C20H29IN6O. The Morgan fingerprint density at radius 1 is 1.18 bits per heavy atom. The van der Waals surface area contributed by atoms with E-state index in [1.165, 1.54) is 31.2 Å². The van der Waals surface area contributed by atoms with Gasteiger partial charge in [0, 0.05) is 25.1 Å². The number of hydrogen-bond acceptors (Lipinski definition) is 4. The molecule has 4 rings (SSSR count). The molecule has 0 bridgehead atoms. The number of nitrogens with one attached hydrogen (secondary N) is 2. The molecule has 1 aliphatic carbocycles. The average Bonchev–Trinajstić information content (AvgIpc) is 3.31. The Bertz CT molecular complexity index is 815. The van der Waals surface area contributed by atoms with Gasteiger partial charge in [0.15, 0.2) is 11.8 Å². The zero-order chi connectivity index (χ0) is 18.6. The molecule has 28 heavy (non-hydrogen) atoms. The largest absolute Gasteiger partial charge is 0.493 e. The fourth-order valence-electron chi connectivity index (χ4n) is 3.79. The zero-order valence-corrected chi connectivity index (χ0v) is 18.8. The fraction of sp³-hybridized carbons (Fsp3) is 0.550. The number of nitrogens with zero attached hydrogens (tertiary/aromatic N) is 4. The van der Waals surface area contributed by atoms with Crippen molar-refractivity contribution in [2.24, 2.45) is 12.0 Å². The molecule has 1 saturated carbocycles. The van der Waals surface area contributed by atoms with Crippen molar-refractivity contribution < 1.29 is 4.74 Å². The number of hydrogen-bond donors (Lipinski definition) is 2. The maximum atomic E-state index is 5.79. The minimum absolute atomic E-state index is 0. The Balaban J connectivity index is 0.00000225. The van der Waals surface area contributed by atoms with Crippen molar-refractivity contribution in [3.05, 3.63) is 41.5 Å². The van der Waals surface area contributed by atoms with Crippen LogP contribution in [0.1, 0.15) is 55.4 Å². The van der Waals surface area contributed by atoms with E-state index in [-0.39, 0.29) is 30.0 Å². The van der Waals surface area contributed by atoms with E-state index in [9.17, 15) is 0 Å². The van der Waals surface area contributed by atoms with Crippen molar-refractivity contribution >= 4 is 29.9 Å². The molecule has 2 N–H and O–H groups in total. The summed E-state index contributed by atoms with van der Waals surface area (Å²) in [6.07, 6.45) is 5.90. The van der Waals surface area contributed by atoms with Crippen molar-refractivity contribution in [3.8, 4) is 5.75 Å². The number of aliphatic imine (C=N–C) groups is 1. The predicted octanol–water partition coefficient (Wildman–Crippen LogP) is 3.24. The van der Waals surface area contributed by atoms with Crippen LogP contribution in [0.2, 0.25) is 0 Å². The van der Waals surface area contributed by atoms with Crippen molar-refractivity contribution in [3.63, 3.8) is 0 Å². The topological polar surface area (TPSA) is 76.4 Å². The van der Waals surface area contributed by atoms with Crippen LogP contribution in [0.25, 0.3) is 0 Å². The van der Waals surface area contributed by atoms with E-state index in [4.69, 9.17) is 9.73 Å². The Hall–Kier alpha value is -1.84. The Labute approximate surface area is 183 Å². The van der Waals surface area contributed by atoms with Gasteiger partial charge in [-0.25, -0.2) is 4.99 Å². The molecule has 1 fully saturated rings. The molecule has 1 aromatic heterocycles. The highest BCUT2D eigenvalue weighted by atomic mass is 127. The molecule has 0 spiro atoms. The van der Waals surface area contributed by atoms with Gasteiger partial charge < -0.3 is 19.9 Å². The van der Waals surface area contributed by atoms with Gasteiger partial charge in [0.25, 0.3) is 0 Å². The van der Waals surface area contributed by atoms with Crippen LogP contribution in [-0.2, 0) is 13.6 Å². The van der Waals surface area contributed by atoms with Crippen LogP contribution in [0.15, 0.2) is 29.3 Å². The fourth-order valence-corrected chi connectivity index (χ4v) is 3.79. The van der Waals surface area contributed by atoms with Gasteiger partial charge in [0.1, 0.15) is 18.1 Å². The summed E-state index contributed by atoms with van der Waals surface area (Å²) >= 11 is 0. The number of benzene rings is 1. The molecule has 1 aliphatic heterocycles. The number of fused-ring (bicyclic) bond motifs is 1. The first-order chi connectivity index (χ1) is 13.2. The Morgan fingerprint density at radius 3 is 2.71 bits per heavy atom. The van der Waals surface area contributed by atoms with Gasteiger partial charge in [-0.3, -0.25) is 0 Å². The molecule has 0 saturated heterocycles. The maximum absolute atomic E-state index is 5.79. The monoisotopic (exact) mass is 496 g/mol. The summed E-state index contributed by atoms with van der Waals surface area (Å²) in [6, 6.07) is 8.93. The second kappa shape index (κ2) is 9.58. The van der Waals surface area contributed by atoms with Crippen molar-refractivity contribution in [2.45, 2.75) is 57.7 Å². The van der Waals surface area contributed by atoms with Crippen LogP contribution < -0.4 is 15.4 Å². The maximum Gasteiger partial charge on any atom is 0.192 e. The lowest BCUT2D eigenvalue weighted by Gasteiger charge is -2.29. The summed E-state index contributed by atoms with van der Waals surface area (Å²) in [6.45, 7) is 3.17. The quantitative estimate of drug-likeness (QED) is 0.386. The first kappa shape index (κ1) is 20.9. The van der Waals surface area contributed by atoms with Crippen LogP contribution >= 0.6 is 24.0 Å². The molecule has 7 nitrogen and oxygen atoms in total. The van der Waals surface area contributed by atoms with Crippen LogP contribution in [0, 0.1) is 6.92 Å². The molecule has 1 unspecified atom stereocenters. The van der Waals surface area contributed by atoms with E-state index < -0.39 is 0 Å². The summed E-state index contributed by atoms with van der Waals surface area (Å²) < 4.78 is 7.78. The van der Waals surface area contributed by atoms with Crippen molar-refractivity contribution in [1.29, 1.82) is 0 Å². The molecule has 1 atom stereocenters. The lowest BCUT2D eigenvalue weighted by atomic mass is 10.0. The van der Waals surface area contributed by atoms with E-state index in [0.29, 0.717) is 19.2 Å². The zero-order valence-electron chi connectivity index (χ0n) is 16.5. The summed E-state index contributed by atoms with van der Waals surface area (Å²) in [5.41, 5.74) is 1.19. The summed E-state index contributed by atoms with van der Waals surface area (Å²) in [5.74, 6) is 3.58. The molecule has 2 heterocycles. The van der Waals surface area contributed by atoms with Gasteiger partial charge in [-0.15, -0.1) is 34.2 Å². The number of halogens is 1. The average molecular weight is 496 g/mol. The summed E-state index contributed by atoms with van der Waals surface area (Å²) in [4.78, 5) is 4.83. The van der Waals surface area contributed by atoms with E-state index in [1.807, 2.05) is 30.7 Å². The van der Waals surface area contributed by atoms with E-state index in [2.05, 4.69) is 33.0 Å². The molecule has 2 aromatic rings. The highest BCUT2D eigenvalue weighted by Crippen LogP contribution is 2.31. The molecule has 0 amide bonds. The number of guanidine groups is 1. The normalized spacial score (nSPS) is 19.5. The van der Waals surface area contributed by atoms with Crippen LogP contribution in [-0.4, -0.2) is 33.4 Å². The third kappa shape index (κ3) is 4.76. The van der Waals surface area contributed by atoms with Crippen molar-refractivity contribution in [2.75, 3.05) is 6.61 Å².